The van der Waals surface area contributed by atoms with E-state index in [1.54, 1.807) is 19.2 Å². The fourth-order valence-corrected chi connectivity index (χ4v) is 1.63. The molecule has 0 N–H and O–H groups in total. The molecule has 0 fully saturated rings. The van der Waals surface area contributed by atoms with Crippen LogP contribution in [0.4, 0.5) is 18.9 Å². The highest BCUT2D eigenvalue weighted by atomic mass is 19.4. The minimum Gasteiger partial charge on any atom is -0.406 e. The van der Waals surface area contributed by atoms with Crippen molar-refractivity contribution in [2.75, 3.05) is 11.9 Å². The van der Waals surface area contributed by atoms with Gasteiger partial charge in [0, 0.05) is 18.4 Å². The van der Waals surface area contributed by atoms with Gasteiger partial charge in [-0.25, -0.2) is 0 Å². The molecule has 6 heteroatoms. The van der Waals surface area contributed by atoms with Gasteiger partial charge < -0.3 is 9.64 Å². The maximum Gasteiger partial charge on any atom is 0.573 e. The topological polar surface area (TPSA) is 12.5 Å². The minimum absolute atomic E-state index is 0.245. The van der Waals surface area contributed by atoms with Crippen molar-refractivity contribution in [3.63, 3.8) is 0 Å². The lowest BCUT2D eigenvalue weighted by Gasteiger charge is -2.21. The number of hydrogen-bond donors (Lipinski definition) is 0. The number of hydrogen-bond acceptors (Lipinski definition) is 2. The van der Waals surface area contributed by atoms with Gasteiger partial charge in [-0.1, -0.05) is 18.5 Å². The molecular formula is C14H15BF3NO. The molecule has 1 aromatic carbocycles. The van der Waals surface area contributed by atoms with E-state index in [1.165, 1.54) is 12.1 Å². The third kappa shape index (κ3) is 5.03. The van der Waals surface area contributed by atoms with Crippen molar-refractivity contribution in [3.8, 4) is 5.75 Å². The van der Waals surface area contributed by atoms with E-state index in [0.717, 1.165) is 11.4 Å². The zero-order valence-electron chi connectivity index (χ0n) is 11.3. The standard InChI is InChI=1S/C14H15BF3NO/c1-3-4-11(9-10-15)19(2)12-5-7-13(8-6-12)20-14(16,17)18/h3-9H,10H2,1-2H3/b4-3+,11-9-. The molecule has 0 atom stereocenters. The van der Waals surface area contributed by atoms with E-state index in [4.69, 9.17) is 7.85 Å². The first-order valence-electron chi connectivity index (χ1n) is 6.00. The number of halogens is 3. The molecule has 0 aliphatic carbocycles. The fraction of sp³-hybridized carbons (Fsp3) is 0.286. The van der Waals surface area contributed by atoms with Crippen molar-refractivity contribution < 1.29 is 17.9 Å². The average molecular weight is 281 g/mol. The highest BCUT2D eigenvalue weighted by molar-refractivity contribution is 6.09. The number of benzene rings is 1. The van der Waals surface area contributed by atoms with Gasteiger partial charge >= 0.3 is 6.36 Å². The average Bonchev–Trinajstić information content (AvgIpc) is 2.37. The Bertz CT molecular complexity index is 480. The first-order chi connectivity index (χ1) is 9.37. The third-order valence-corrected chi connectivity index (χ3v) is 2.51. The molecule has 0 bridgehead atoms. The summed E-state index contributed by atoms with van der Waals surface area (Å²) in [6, 6.07) is 5.65. The number of alkyl halides is 3. The summed E-state index contributed by atoms with van der Waals surface area (Å²) >= 11 is 0. The molecule has 0 aromatic heterocycles. The molecule has 0 amide bonds. The van der Waals surface area contributed by atoms with Crippen LogP contribution in [0.5, 0.6) is 5.75 Å². The molecule has 2 radical (unpaired) electrons. The van der Waals surface area contributed by atoms with Gasteiger partial charge in [0.25, 0.3) is 0 Å². The summed E-state index contributed by atoms with van der Waals surface area (Å²) in [5.74, 6) is -0.245. The summed E-state index contributed by atoms with van der Waals surface area (Å²) in [5, 5.41) is 0. The van der Waals surface area contributed by atoms with Gasteiger partial charge in [-0.05, 0) is 37.3 Å². The number of allylic oxidation sites excluding steroid dienone is 3. The molecule has 0 spiro atoms. The molecule has 1 aromatic rings. The molecule has 0 heterocycles. The SMILES string of the molecule is [B]C/C=C(/C=C/C)N(C)c1ccc(OC(F)(F)F)cc1. The lowest BCUT2D eigenvalue weighted by atomic mass is 10.0. The first-order valence-corrected chi connectivity index (χ1v) is 6.00. The summed E-state index contributed by atoms with van der Waals surface area (Å²) < 4.78 is 40.0. The van der Waals surface area contributed by atoms with Crippen LogP contribution in [-0.4, -0.2) is 21.3 Å². The number of rotatable bonds is 5. The Morgan fingerprint density at radius 2 is 1.90 bits per heavy atom. The van der Waals surface area contributed by atoms with Crippen LogP contribution in [0.3, 0.4) is 0 Å². The number of anilines is 1. The van der Waals surface area contributed by atoms with Crippen LogP contribution in [0, 0.1) is 0 Å². The van der Waals surface area contributed by atoms with Crippen molar-refractivity contribution in [1.82, 2.24) is 0 Å². The quantitative estimate of drug-likeness (QED) is 0.596. The van der Waals surface area contributed by atoms with Crippen LogP contribution in [0.1, 0.15) is 6.92 Å². The zero-order valence-corrected chi connectivity index (χ0v) is 11.3. The monoisotopic (exact) mass is 281 g/mol. The van der Waals surface area contributed by atoms with E-state index in [2.05, 4.69) is 4.74 Å². The summed E-state index contributed by atoms with van der Waals surface area (Å²) in [4.78, 5) is 1.82. The van der Waals surface area contributed by atoms with Gasteiger partial charge in [0.05, 0.1) is 7.85 Å². The van der Waals surface area contributed by atoms with Crippen LogP contribution >= 0.6 is 0 Å². The summed E-state index contributed by atoms with van der Waals surface area (Å²) in [6.45, 7) is 1.87. The summed E-state index contributed by atoms with van der Waals surface area (Å²) in [7, 11) is 7.29. The van der Waals surface area contributed by atoms with Crippen LogP contribution in [0.25, 0.3) is 0 Å². The Balaban J connectivity index is 2.89. The van der Waals surface area contributed by atoms with Crippen LogP contribution < -0.4 is 9.64 Å². The smallest absolute Gasteiger partial charge is 0.406 e. The van der Waals surface area contributed by atoms with Gasteiger partial charge in [-0.15, -0.1) is 13.2 Å². The van der Waals surface area contributed by atoms with Crippen molar-refractivity contribution in [3.05, 3.63) is 48.2 Å². The number of nitrogens with zero attached hydrogens (tertiary/aromatic N) is 1. The van der Waals surface area contributed by atoms with E-state index >= 15 is 0 Å². The Morgan fingerprint density at radius 3 is 2.35 bits per heavy atom. The van der Waals surface area contributed by atoms with Crippen LogP contribution in [0.2, 0.25) is 6.32 Å². The summed E-state index contributed by atoms with van der Waals surface area (Å²) in [5.41, 5.74) is 1.59. The van der Waals surface area contributed by atoms with E-state index < -0.39 is 6.36 Å². The van der Waals surface area contributed by atoms with E-state index in [-0.39, 0.29) is 5.75 Å². The molecule has 1 rings (SSSR count). The van der Waals surface area contributed by atoms with Gasteiger partial charge in [0.15, 0.2) is 0 Å². The Hall–Kier alpha value is -1.85. The van der Waals surface area contributed by atoms with Crippen LogP contribution in [-0.2, 0) is 0 Å². The predicted octanol–water partition coefficient (Wildman–Crippen LogP) is 4.07. The molecular weight excluding hydrogens is 266 g/mol. The first kappa shape index (κ1) is 16.2. The van der Waals surface area contributed by atoms with Gasteiger partial charge in [-0.3, -0.25) is 0 Å². The molecule has 2 nitrogen and oxygen atoms in total. The van der Waals surface area contributed by atoms with Crippen molar-refractivity contribution >= 4 is 13.5 Å². The second kappa shape index (κ2) is 7.08. The second-order valence-electron chi connectivity index (χ2n) is 3.97. The lowest BCUT2D eigenvalue weighted by molar-refractivity contribution is -0.274. The second-order valence-corrected chi connectivity index (χ2v) is 3.97. The minimum atomic E-state index is -4.68. The van der Waals surface area contributed by atoms with Crippen molar-refractivity contribution in [2.24, 2.45) is 0 Å². The molecule has 20 heavy (non-hydrogen) atoms. The zero-order chi connectivity index (χ0) is 15.2. The molecule has 0 aliphatic heterocycles. The Kier molecular flexibility index (Phi) is 5.73. The third-order valence-electron chi connectivity index (χ3n) is 2.51. The lowest BCUT2D eigenvalue weighted by Crippen LogP contribution is -2.17. The van der Waals surface area contributed by atoms with Gasteiger partial charge in [-0.2, -0.15) is 0 Å². The Labute approximate surface area is 117 Å². The van der Waals surface area contributed by atoms with E-state index in [1.807, 2.05) is 30.1 Å². The molecule has 106 valence electrons. The predicted molar refractivity (Wildman–Crippen MR) is 75.0 cm³/mol. The van der Waals surface area contributed by atoms with Crippen molar-refractivity contribution in [2.45, 2.75) is 19.6 Å². The highest BCUT2D eigenvalue weighted by Crippen LogP contribution is 2.26. The van der Waals surface area contributed by atoms with Crippen molar-refractivity contribution in [1.29, 1.82) is 0 Å². The molecule has 0 aliphatic rings. The van der Waals surface area contributed by atoms with Gasteiger partial charge in [0.1, 0.15) is 5.75 Å². The van der Waals surface area contributed by atoms with E-state index in [9.17, 15) is 13.2 Å². The highest BCUT2D eigenvalue weighted by Gasteiger charge is 2.30. The maximum absolute atomic E-state index is 12.1. The Morgan fingerprint density at radius 1 is 1.30 bits per heavy atom. The van der Waals surface area contributed by atoms with Crippen LogP contribution in [0.15, 0.2) is 48.2 Å². The molecule has 0 saturated carbocycles. The summed E-state index contributed by atoms with van der Waals surface area (Å²) in [6.07, 6.45) is 1.24. The normalized spacial score (nSPS) is 12.8. The number of likely N-dealkylation sites (N-methyl/N-ethyl adjacent to an activating group) is 1. The van der Waals surface area contributed by atoms with E-state index in [0.29, 0.717) is 6.32 Å². The maximum atomic E-state index is 12.1. The largest absolute Gasteiger partial charge is 0.573 e. The van der Waals surface area contributed by atoms with Gasteiger partial charge in [0.2, 0.25) is 0 Å². The molecule has 0 unspecified atom stereocenters. The molecule has 0 saturated heterocycles. The fourth-order valence-electron chi connectivity index (χ4n) is 1.63. The number of ether oxygens (including phenoxy) is 1.